The maximum atomic E-state index is 14.9. The molecule has 78 heavy (non-hydrogen) atoms. The lowest BCUT2D eigenvalue weighted by Gasteiger charge is -2.45. The number of likely N-dealkylation sites (tertiary alicyclic amines) is 1. The molecule has 1 heterocycles. The van der Waals surface area contributed by atoms with E-state index in [4.69, 9.17) is 32.8 Å². The minimum absolute atomic E-state index is 0.0224. The fourth-order valence-electron chi connectivity index (χ4n) is 10.2. The minimum Gasteiger partial charge on any atom is -0.497 e. The SMILES string of the molecule is COc1ccc(C[C@@H](C(=O)O[C@H](C)[C@H](NC(=O)OC(C)(C)C)C(=O)OCOCC[Si](C)(C)C)N(C)C(=O)[C@@H]2CCCN2C(=O)[C@H](CC(C)C)NC(=O)[C@@H](OC(=O)C[C@@H](CC(C)C)O[Si](C(C)C)(C(C)C)C(C)C)C(C)C)cc1. The van der Waals surface area contributed by atoms with Crippen LogP contribution in [0, 0.1) is 17.8 Å². The molecule has 1 aromatic carbocycles. The van der Waals surface area contributed by atoms with E-state index in [1.165, 1.54) is 30.9 Å². The van der Waals surface area contributed by atoms with Gasteiger partial charge in [-0.25, -0.2) is 14.4 Å². The Hall–Kier alpha value is -4.54. The van der Waals surface area contributed by atoms with Gasteiger partial charge < -0.3 is 53.3 Å². The van der Waals surface area contributed by atoms with E-state index in [9.17, 15) is 33.6 Å². The van der Waals surface area contributed by atoms with Gasteiger partial charge in [-0.2, -0.15) is 0 Å². The Bertz CT molecular complexity index is 2070. The summed E-state index contributed by atoms with van der Waals surface area (Å²) in [6.45, 7) is 37.9. The topological polar surface area (TPSA) is 215 Å². The first-order chi connectivity index (χ1) is 36.0. The third-order valence-electron chi connectivity index (χ3n) is 14.1. The third-order valence-corrected chi connectivity index (χ3v) is 22.0. The molecule has 0 aromatic heterocycles. The summed E-state index contributed by atoms with van der Waals surface area (Å²) in [5, 5.41) is 5.41. The molecule has 0 bridgehead atoms. The van der Waals surface area contributed by atoms with Crippen molar-refractivity contribution in [3.63, 3.8) is 0 Å². The van der Waals surface area contributed by atoms with Crippen molar-refractivity contribution in [1.82, 2.24) is 20.4 Å². The quantitative estimate of drug-likeness (QED) is 0.0233. The number of alkyl carbamates (subject to hydrolysis) is 1. The maximum absolute atomic E-state index is 14.9. The smallest absolute Gasteiger partial charge is 0.408 e. The zero-order valence-electron chi connectivity index (χ0n) is 51.5. The van der Waals surface area contributed by atoms with Gasteiger partial charge in [0.15, 0.2) is 18.9 Å². The van der Waals surface area contributed by atoms with Crippen LogP contribution >= 0.6 is 0 Å². The number of ether oxygens (including phenoxy) is 6. The van der Waals surface area contributed by atoms with E-state index in [-0.39, 0.29) is 44.1 Å². The van der Waals surface area contributed by atoms with E-state index in [1.54, 1.807) is 58.9 Å². The molecule has 0 radical (unpaired) electrons. The van der Waals surface area contributed by atoms with E-state index in [1.807, 2.05) is 13.8 Å². The number of carbonyl (C=O) groups excluding carboxylic acids is 7. The molecule has 4 amide bonds. The molecule has 0 aliphatic carbocycles. The van der Waals surface area contributed by atoms with Gasteiger partial charge in [0.05, 0.1) is 19.6 Å². The monoisotopic (exact) mass is 1130 g/mol. The van der Waals surface area contributed by atoms with Crippen molar-refractivity contribution >= 4 is 58.1 Å². The van der Waals surface area contributed by atoms with Gasteiger partial charge >= 0.3 is 24.0 Å². The highest BCUT2D eigenvalue weighted by Crippen LogP contribution is 2.44. The molecule has 0 saturated carbocycles. The Kier molecular flexibility index (Phi) is 28.1. The number of amides is 4. The lowest BCUT2D eigenvalue weighted by atomic mass is 10.00. The van der Waals surface area contributed by atoms with Gasteiger partial charge in [-0.1, -0.05) is 115 Å². The highest BCUT2D eigenvalue weighted by molar-refractivity contribution is 6.77. The Morgan fingerprint density at radius 1 is 0.782 bits per heavy atom. The Balaban J connectivity index is 2.48. The van der Waals surface area contributed by atoms with Crippen LogP contribution in [-0.4, -0.2) is 150 Å². The summed E-state index contributed by atoms with van der Waals surface area (Å²) in [5.74, 6) is -3.76. The van der Waals surface area contributed by atoms with E-state index in [0.717, 1.165) is 6.04 Å². The van der Waals surface area contributed by atoms with E-state index in [2.05, 4.69) is 85.7 Å². The predicted octanol–water partition coefficient (Wildman–Crippen LogP) is 9.83. The van der Waals surface area contributed by atoms with Crippen LogP contribution in [0.4, 0.5) is 4.79 Å². The molecule has 1 fully saturated rings. The van der Waals surface area contributed by atoms with Crippen LogP contribution < -0.4 is 15.4 Å². The fraction of sp³-hybridized carbons (Fsp3) is 0.776. The lowest BCUT2D eigenvalue weighted by molar-refractivity contribution is -0.169. The van der Waals surface area contributed by atoms with Crippen molar-refractivity contribution in [3.05, 3.63) is 29.8 Å². The number of hydrogen-bond donors (Lipinski definition) is 2. The molecular weight excluding hydrogens is 1030 g/mol. The van der Waals surface area contributed by atoms with Crippen molar-refractivity contribution in [2.45, 2.75) is 240 Å². The number of hydrogen-bond acceptors (Lipinski definition) is 14. The number of benzene rings is 1. The normalized spacial score (nSPS) is 16.7. The summed E-state index contributed by atoms with van der Waals surface area (Å²) in [6, 6.07) is 2.81. The van der Waals surface area contributed by atoms with Gasteiger partial charge in [0.25, 0.3) is 5.91 Å². The van der Waals surface area contributed by atoms with E-state index >= 15 is 0 Å². The number of rotatable bonds is 31. The van der Waals surface area contributed by atoms with Gasteiger partial charge in [-0.15, -0.1) is 0 Å². The molecule has 0 spiro atoms. The summed E-state index contributed by atoms with van der Waals surface area (Å²) in [7, 11) is -0.848. The zero-order chi connectivity index (χ0) is 59.6. The zero-order valence-corrected chi connectivity index (χ0v) is 53.5. The molecule has 1 aliphatic rings. The van der Waals surface area contributed by atoms with Crippen LogP contribution in [0.1, 0.15) is 148 Å². The third kappa shape index (κ3) is 22.2. The van der Waals surface area contributed by atoms with E-state index in [0.29, 0.717) is 47.4 Å². The van der Waals surface area contributed by atoms with Crippen LogP contribution in [0.5, 0.6) is 5.75 Å². The van der Waals surface area contributed by atoms with Gasteiger partial charge in [-0.3, -0.25) is 19.2 Å². The largest absolute Gasteiger partial charge is 0.497 e. The van der Waals surface area contributed by atoms with Crippen LogP contribution in [0.2, 0.25) is 42.3 Å². The van der Waals surface area contributed by atoms with Gasteiger partial charge in [0.2, 0.25) is 20.1 Å². The molecular formula is C58H102N4O14Si2. The molecule has 446 valence electrons. The first kappa shape index (κ1) is 69.6. The van der Waals surface area contributed by atoms with E-state index < -0.39 is 119 Å². The molecule has 18 nitrogen and oxygen atoms in total. The molecule has 20 heteroatoms. The molecule has 1 saturated heterocycles. The average molecular weight is 1140 g/mol. The van der Waals surface area contributed by atoms with Gasteiger partial charge in [0, 0.05) is 34.7 Å². The van der Waals surface area contributed by atoms with Crippen molar-refractivity contribution in [3.8, 4) is 5.75 Å². The Labute approximate surface area is 470 Å². The standard InChI is InChI=1S/C58H102N4O14Si2/c1-36(2)31-45(76-78(39(7)8,40(9)10)41(11)12)34-49(63)74-51(38(5)6)52(64)59-46(32-37(3)4)53(65)62-28-22-23-47(62)54(66)61(17)48(33-43-24-26-44(70-18)27-25-43)55(67)73-42(13)50(60-57(69)75-58(14,15)16)56(68)72-35-71-29-30-77(19,20)21/h24-27,36-42,45-48,50-51H,22-23,28-35H2,1-21H3,(H,59,64)(H,60,69)/t42-,45-,46+,47+,48+,50+,51+/m1/s1. The highest BCUT2D eigenvalue weighted by atomic mass is 28.4. The van der Waals surface area contributed by atoms with Crippen molar-refractivity contribution < 1.29 is 66.4 Å². The Morgan fingerprint density at radius 3 is 1.86 bits per heavy atom. The second-order valence-corrected chi connectivity index (χ2v) is 36.5. The summed E-state index contributed by atoms with van der Waals surface area (Å²) in [5.41, 5.74) is 0.612. The predicted molar refractivity (Wildman–Crippen MR) is 308 cm³/mol. The van der Waals surface area contributed by atoms with Gasteiger partial charge in [-0.05, 0) is 111 Å². The highest BCUT2D eigenvalue weighted by Gasteiger charge is 2.48. The summed E-state index contributed by atoms with van der Waals surface area (Å²) < 4.78 is 40.9. The van der Waals surface area contributed by atoms with Crippen LogP contribution in [0.25, 0.3) is 0 Å². The molecule has 2 rings (SSSR count). The maximum Gasteiger partial charge on any atom is 0.408 e. The Morgan fingerprint density at radius 2 is 1.36 bits per heavy atom. The number of nitrogens with zero attached hydrogens (tertiary/aromatic N) is 2. The van der Waals surface area contributed by atoms with Crippen molar-refractivity contribution in [2.24, 2.45) is 17.8 Å². The number of carbonyl (C=O) groups is 7. The number of esters is 3. The molecule has 7 atom stereocenters. The first-order valence-electron chi connectivity index (χ1n) is 28.4. The summed E-state index contributed by atoms with van der Waals surface area (Å²) in [6.07, 6.45) is -2.37. The van der Waals surface area contributed by atoms with Gasteiger partial charge in [0.1, 0.15) is 35.6 Å². The van der Waals surface area contributed by atoms with Crippen LogP contribution in [-0.2, 0) is 63.3 Å². The molecule has 1 aromatic rings. The second-order valence-electron chi connectivity index (χ2n) is 25.5. The van der Waals surface area contributed by atoms with Crippen LogP contribution in [0.3, 0.4) is 0 Å². The summed E-state index contributed by atoms with van der Waals surface area (Å²) in [4.78, 5) is 102. The van der Waals surface area contributed by atoms with Crippen molar-refractivity contribution in [2.75, 3.05) is 34.1 Å². The average Bonchev–Trinajstić information content (AvgIpc) is 3.80. The molecule has 1 aliphatic heterocycles. The lowest BCUT2D eigenvalue weighted by Crippen LogP contribution is -2.58. The number of methoxy groups -OCH3 is 1. The van der Waals surface area contributed by atoms with Crippen LogP contribution in [0.15, 0.2) is 24.3 Å². The molecule has 2 N–H and O–H groups in total. The molecule has 0 unspecified atom stereocenters. The van der Waals surface area contributed by atoms with Crippen molar-refractivity contribution in [1.29, 1.82) is 0 Å². The second kappa shape index (κ2) is 31.5. The number of nitrogens with one attached hydrogen (secondary N) is 2. The first-order valence-corrected chi connectivity index (χ1v) is 34.2. The summed E-state index contributed by atoms with van der Waals surface area (Å²) >= 11 is 0. The fourth-order valence-corrected chi connectivity index (χ4v) is 16.5. The minimum atomic E-state index is -2.38. The number of likely N-dealkylation sites (N-methyl/N-ethyl adjacent to an activating group) is 1.